The minimum atomic E-state index is -0.542. The molecule has 0 bridgehead atoms. The van der Waals surface area contributed by atoms with Gasteiger partial charge in [0.25, 0.3) is 0 Å². The molecule has 1 amide bonds. The normalized spacial score (nSPS) is 12.6. The molecule has 0 radical (unpaired) electrons. The van der Waals surface area contributed by atoms with Crippen LogP contribution >= 0.6 is 0 Å². The maximum atomic E-state index is 12.4. The van der Waals surface area contributed by atoms with E-state index in [9.17, 15) is 9.59 Å². The van der Waals surface area contributed by atoms with Gasteiger partial charge in [-0.25, -0.2) is 4.79 Å². The first kappa shape index (κ1) is 18.2. The Labute approximate surface area is 133 Å². The summed E-state index contributed by atoms with van der Waals surface area (Å²) in [6, 6.07) is 5.58. The Morgan fingerprint density at radius 1 is 1.14 bits per heavy atom. The van der Waals surface area contributed by atoms with Crippen molar-refractivity contribution in [2.24, 2.45) is 0 Å². The summed E-state index contributed by atoms with van der Waals surface area (Å²) >= 11 is 0. The van der Waals surface area contributed by atoms with E-state index in [4.69, 9.17) is 4.74 Å². The van der Waals surface area contributed by atoms with Crippen LogP contribution in [0.3, 0.4) is 0 Å². The van der Waals surface area contributed by atoms with Crippen molar-refractivity contribution in [3.8, 4) is 0 Å². The summed E-state index contributed by atoms with van der Waals surface area (Å²) in [5.74, 6) is 0.0368. The average molecular weight is 305 g/mol. The first-order chi connectivity index (χ1) is 10.1. The summed E-state index contributed by atoms with van der Waals surface area (Å²) in [7, 11) is 0. The van der Waals surface area contributed by atoms with E-state index in [0.29, 0.717) is 12.0 Å². The number of alkyl carbamates (subject to hydrolysis) is 1. The van der Waals surface area contributed by atoms with Gasteiger partial charge in [0, 0.05) is 18.0 Å². The lowest BCUT2D eigenvalue weighted by atomic mass is 9.99. The zero-order valence-electron chi connectivity index (χ0n) is 14.4. The largest absolute Gasteiger partial charge is 0.444 e. The Hall–Kier alpha value is -1.84. The maximum absolute atomic E-state index is 12.4. The number of Topliss-reactive ketones (excluding diaryl/α,β-unsaturated/α-hetero) is 1. The van der Waals surface area contributed by atoms with Crippen molar-refractivity contribution in [2.45, 2.75) is 66.0 Å². The Morgan fingerprint density at radius 2 is 1.68 bits per heavy atom. The smallest absolute Gasteiger partial charge is 0.407 e. The highest BCUT2D eigenvalue weighted by Gasteiger charge is 2.21. The predicted molar refractivity (Wildman–Crippen MR) is 88.3 cm³/mol. The topological polar surface area (TPSA) is 55.4 Å². The van der Waals surface area contributed by atoms with Crippen LogP contribution in [0.5, 0.6) is 0 Å². The first-order valence-electron chi connectivity index (χ1n) is 7.71. The zero-order valence-corrected chi connectivity index (χ0v) is 14.4. The number of ether oxygens (including phenoxy) is 1. The molecule has 1 atom stereocenters. The second kappa shape index (κ2) is 7.43. The van der Waals surface area contributed by atoms with Crippen LogP contribution in [-0.4, -0.2) is 23.5 Å². The minimum Gasteiger partial charge on any atom is -0.444 e. The van der Waals surface area contributed by atoms with Gasteiger partial charge >= 0.3 is 6.09 Å². The average Bonchev–Trinajstić information content (AvgIpc) is 2.34. The van der Waals surface area contributed by atoms with Gasteiger partial charge in [-0.3, -0.25) is 4.79 Å². The third-order valence-electron chi connectivity index (χ3n) is 3.19. The van der Waals surface area contributed by atoms with Gasteiger partial charge in [0.05, 0.1) is 0 Å². The van der Waals surface area contributed by atoms with Crippen molar-refractivity contribution in [2.75, 3.05) is 0 Å². The predicted octanol–water partition coefficient (Wildman–Crippen LogP) is 4.18. The van der Waals surface area contributed by atoms with Gasteiger partial charge in [-0.1, -0.05) is 24.1 Å². The van der Waals surface area contributed by atoms with Crippen molar-refractivity contribution in [1.29, 1.82) is 0 Å². The van der Waals surface area contributed by atoms with E-state index in [0.717, 1.165) is 11.1 Å². The quantitative estimate of drug-likeness (QED) is 0.830. The summed E-state index contributed by atoms with van der Waals surface area (Å²) in [4.78, 5) is 24.2. The summed E-state index contributed by atoms with van der Waals surface area (Å²) in [5.41, 5.74) is 2.29. The molecule has 4 heteroatoms. The number of aryl methyl sites for hydroxylation is 2. The van der Waals surface area contributed by atoms with Gasteiger partial charge in [0.15, 0.2) is 5.78 Å². The van der Waals surface area contributed by atoms with Crippen LogP contribution in [0, 0.1) is 13.8 Å². The van der Waals surface area contributed by atoms with E-state index in [1.807, 2.05) is 59.7 Å². The molecule has 0 saturated heterocycles. The molecule has 1 rings (SSSR count). The van der Waals surface area contributed by atoms with Crippen molar-refractivity contribution in [1.82, 2.24) is 5.32 Å². The maximum Gasteiger partial charge on any atom is 0.407 e. The zero-order chi connectivity index (χ0) is 16.9. The van der Waals surface area contributed by atoms with Crippen molar-refractivity contribution >= 4 is 11.9 Å². The third kappa shape index (κ3) is 6.29. The molecule has 0 spiro atoms. The van der Waals surface area contributed by atoms with Crippen LogP contribution in [-0.2, 0) is 4.74 Å². The number of benzene rings is 1. The Kier molecular flexibility index (Phi) is 6.15. The SMILES string of the molecule is CCC(CC(=O)c1cc(C)cc(C)c1)NC(=O)OC(C)(C)C. The number of nitrogens with one attached hydrogen (secondary N) is 1. The Morgan fingerprint density at radius 3 is 2.14 bits per heavy atom. The van der Waals surface area contributed by atoms with E-state index in [1.54, 1.807) is 0 Å². The van der Waals surface area contributed by atoms with Gasteiger partial charge in [0.1, 0.15) is 5.60 Å². The number of carbonyl (C=O) groups excluding carboxylic acids is 2. The molecule has 22 heavy (non-hydrogen) atoms. The number of ketones is 1. The molecule has 1 aromatic rings. The van der Waals surface area contributed by atoms with E-state index < -0.39 is 11.7 Å². The highest BCUT2D eigenvalue weighted by molar-refractivity contribution is 5.97. The van der Waals surface area contributed by atoms with E-state index >= 15 is 0 Å². The molecule has 0 aliphatic heterocycles. The number of hydrogen-bond donors (Lipinski definition) is 1. The molecule has 1 unspecified atom stereocenters. The molecular weight excluding hydrogens is 278 g/mol. The molecule has 4 nitrogen and oxygen atoms in total. The highest BCUT2D eigenvalue weighted by Crippen LogP contribution is 2.14. The van der Waals surface area contributed by atoms with Crippen LogP contribution in [0.1, 0.15) is 62.0 Å². The van der Waals surface area contributed by atoms with Crippen molar-refractivity contribution in [3.05, 3.63) is 34.9 Å². The summed E-state index contributed by atoms with van der Waals surface area (Å²) < 4.78 is 5.23. The molecule has 0 heterocycles. The standard InChI is InChI=1S/C18H27NO3/c1-7-15(19-17(21)22-18(4,5)6)11-16(20)14-9-12(2)8-13(3)10-14/h8-10,15H,7,11H2,1-6H3,(H,19,21). The number of amides is 1. The molecule has 0 aromatic heterocycles. The van der Waals surface area contributed by atoms with E-state index in [1.165, 1.54) is 0 Å². The monoisotopic (exact) mass is 305 g/mol. The van der Waals surface area contributed by atoms with Gasteiger partial charge in [0.2, 0.25) is 0 Å². The van der Waals surface area contributed by atoms with Gasteiger partial charge in [-0.2, -0.15) is 0 Å². The lowest BCUT2D eigenvalue weighted by Gasteiger charge is -2.22. The molecule has 0 aliphatic rings. The molecule has 0 saturated carbocycles. The minimum absolute atomic E-state index is 0.0368. The van der Waals surface area contributed by atoms with Crippen LogP contribution in [0.4, 0.5) is 4.79 Å². The fourth-order valence-electron chi connectivity index (χ4n) is 2.25. The molecule has 0 aliphatic carbocycles. The van der Waals surface area contributed by atoms with Gasteiger partial charge < -0.3 is 10.1 Å². The van der Waals surface area contributed by atoms with Gasteiger partial charge in [-0.15, -0.1) is 0 Å². The van der Waals surface area contributed by atoms with Crippen LogP contribution in [0.15, 0.2) is 18.2 Å². The molecule has 1 N–H and O–H groups in total. The molecule has 1 aromatic carbocycles. The van der Waals surface area contributed by atoms with Crippen LogP contribution in [0.2, 0.25) is 0 Å². The molecular formula is C18H27NO3. The van der Waals surface area contributed by atoms with E-state index in [2.05, 4.69) is 5.32 Å². The second-order valence-electron chi connectivity index (χ2n) is 6.76. The summed E-state index contributed by atoms with van der Waals surface area (Å²) in [6.45, 7) is 11.3. The van der Waals surface area contributed by atoms with Gasteiger partial charge in [-0.05, 0) is 53.2 Å². The number of carbonyl (C=O) groups is 2. The number of hydrogen-bond acceptors (Lipinski definition) is 3. The fraction of sp³-hybridized carbons (Fsp3) is 0.556. The number of rotatable bonds is 5. The fourth-order valence-corrected chi connectivity index (χ4v) is 2.25. The Bertz CT molecular complexity index is 524. The first-order valence-corrected chi connectivity index (χ1v) is 7.71. The Balaban J connectivity index is 2.69. The summed E-state index contributed by atoms with van der Waals surface area (Å²) in [5, 5.41) is 2.77. The summed E-state index contributed by atoms with van der Waals surface area (Å²) in [6.07, 6.45) is 0.474. The third-order valence-corrected chi connectivity index (χ3v) is 3.19. The molecule has 122 valence electrons. The lowest BCUT2D eigenvalue weighted by Crippen LogP contribution is -2.39. The van der Waals surface area contributed by atoms with Crippen LogP contribution in [0.25, 0.3) is 0 Å². The van der Waals surface area contributed by atoms with E-state index in [-0.39, 0.29) is 18.2 Å². The van der Waals surface area contributed by atoms with Crippen molar-refractivity contribution < 1.29 is 14.3 Å². The second-order valence-corrected chi connectivity index (χ2v) is 6.76. The molecule has 0 fully saturated rings. The highest BCUT2D eigenvalue weighted by atomic mass is 16.6. The van der Waals surface area contributed by atoms with Crippen molar-refractivity contribution in [3.63, 3.8) is 0 Å². The van der Waals surface area contributed by atoms with Crippen LogP contribution < -0.4 is 5.32 Å². The lowest BCUT2D eigenvalue weighted by molar-refractivity contribution is 0.0500.